The van der Waals surface area contributed by atoms with Gasteiger partial charge in [-0.05, 0) is 44.7 Å². The number of amides is 1. The number of nitrogens with one attached hydrogen (secondary N) is 2. The minimum absolute atomic E-state index is 0.0299. The van der Waals surface area contributed by atoms with Gasteiger partial charge in [-0.1, -0.05) is 23.8 Å². The van der Waals surface area contributed by atoms with Gasteiger partial charge in [-0.15, -0.1) is 6.58 Å². The second-order valence-electron chi connectivity index (χ2n) is 5.07. The molecule has 3 nitrogen and oxygen atoms in total. The van der Waals surface area contributed by atoms with E-state index >= 15 is 0 Å². The molecule has 96 valence electrons. The van der Waals surface area contributed by atoms with Gasteiger partial charge in [0, 0.05) is 11.1 Å². The van der Waals surface area contributed by atoms with Crippen LogP contribution in [0.25, 0.3) is 0 Å². The zero-order valence-electron chi connectivity index (χ0n) is 10.8. The monoisotopic (exact) mass is 244 g/mol. The number of rotatable bonds is 5. The van der Waals surface area contributed by atoms with Crippen molar-refractivity contribution in [3.05, 3.63) is 48.0 Å². The molecule has 0 heterocycles. The summed E-state index contributed by atoms with van der Waals surface area (Å²) in [5, 5.41) is 0. The van der Waals surface area contributed by atoms with Crippen LogP contribution >= 0.6 is 0 Å². The smallest absolute Gasteiger partial charge is 0.265 e. The number of aryl methyl sites for hydroxylation is 1. The van der Waals surface area contributed by atoms with Gasteiger partial charge in [0.15, 0.2) is 0 Å². The highest BCUT2D eigenvalue weighted by molar-refractivity contribution is 5.93. The molecule has 0 radical (unpaired) electrons. The highest BCUT2D eigenvalue weighted by Gasteiger charge is 2.35. The molecule has 2 rings (SSSR count). The van der Waals surface area contributed by atoms with Gasteiger partial charge >= 0.3 is 0 Å². The minimum atomic E-state index is -0.0784. The average Bonchev–Trinajstić information content (AvgIpc) is 2.33. The highest BCUT2D eigenvalue weighted by atomic mass is 16.2. The van der Waals surface area contributed by atoms with E-state index in [-0.39, 0.29) is 11.4 Å². The number of hydrazine groups is 1. The fourth-order valence-electron chi connectivity index (χ4n) is 2.23. The van der Waals surface area contributed by atoms with Crippen LogP contribution in [0.1, 0.15) is 41.6 Å². The van der Waals surface area contributed by atoms with Crippen LogP contribution in [0.15, 0.2) is 36.9 Å². The number of carbonyl (C=O) groups excluding carboxylic acids is 1. The lowest BCUT2D eigenvalue weighted by atomic mass is 9.75. The molecular formula is C15H20N2O. The van der Waals surface area contributed by atoms with Crippen LogP contribution in [0.4, 0.5) is 0 Å². The Bertz CT molecular complexity index is 432. The van der Waals surface area contributed by atoms with E-state index in [4.69, 9.17) is 0 Å². The number of carbonyl (C=O) groups is 1. The summed E-state index contributed by atoms with van der Waals surface area (Å²) in [6.45, 7) is 5.78. The first-order valence-electron chi connectivity index (χ1n) is 6.40. The standard InChI is InChI=1S/C15H20N2O/c1-3-9-15(10-4-11-15)17-16-14(18)13-7-5-12(2)6-8-13/h3,5-8,17H,1,4,9-11H2,2H3,(H,16,18). The Morgan fingerprint density at radius 2 is 2.06 bits per heavy atom. The van der Waals surface area contributed by atoms with Crippen molar-refractivity contribution in [2.24, 2.45) is 0 Å². The third kappa shape index (κ3) is 2.79. The van der Waals surface area contributed by atoms with Crippen LogP contribution in [0.3, 0.4) is 0 Å². The Labute approximate surface area is 108 Å². The second-order valence-corrected chi connectivity index (χ2v) is 5.07. The maximum Gasteiger partial charge on any atom is 0.265 e. The molecule has 2 N–H and O–H groups in total. The topological polar surface area (TPSA) is 41.1 Å². The van der Waals surface area contributed by atoms with Crippen molar-refractivity contribution >= 4 is 5.91 Å². The summed E-state index contributed by atoms with van der Waals surface area (Å²) in [5.74, 6) is -0.0784. The average molecular weight is 244 g/mol. The number of benzene rings is 1. The maximum absolute atomic E-state index is 11.9. The quantitative estimate of drug-likeness (QED) is 0.617. The first-order chi connectivity index (χ1) is 8.65. The van der Waals surface area contributed by atoms with Crippen LogP contribution in [0.2, 0.25) is 0 Å². The Morgan fingerprint density at radius 3 is 2.56 bits per heavy atom. The molecule has 0 saturated heterocycles. The molecule has 0 aliphatic heterocycles. The highest BCUT2D eigenvalue weighted by Crippen LogP contribution is 2.34. The lowest BCUT2D eigenvalue weighted by Gasteiger charge is -2.42. The van der Waals surface area contributed by atoms with Crippen molar-refractivity contribution in [2.45, 2.75) is 38.1 Å². The molecule has 0 atom stereocenters. The van der Waals surface area contributed by atoms with Gasteiger partial charge in [0.1, 0.15) is 0 Å². The van der Waals surface area contributed by atoms with E-state index in [1.807, 2.05) is 37.3 Å². The van der Waals surface area contributed by atoms with Crippen LogP contribution < -0.4 is 10.9 Å². The Hall–Kier alpha value is -1.61. The first kappa shape index (κ1) is 12.8. The molecule has 0 spiro atoms. The van der Waals surface area contributed by atoms with Crippen molar-refractivity contribution < 1.29 is 4.79 Å². The van der Waals surface area contributed by atoms with Crippen molar-refractivity contribution in [3.8, 4) is 0 Å². The molecule has 18 heavy (non-hydrogen) atoms. The molecule has 1 aromatic rings. The summed E-state index contributed by atoms with van der Waals surface area (Å²) >= 11 is 0. The van der Waals surface area contributed by atoms with Gasteiger partial charge in [-0.3, -0.25) is 10.2 Å². The van der Waals surface area contributed by atoms with Crippen molar-refractivity contribution in [1.82, 2.24) is 10.9 Å². The third-order valence-corrected chi connectivity index (χ3v) is 3.60. The predicted molar refractivity (Wildman–Crippen MR) is 73.2 cm³/mol. The van der Waals surface area contributed by atoms with E-state index in [9.17, 15) is 4.79 Å². The number of hydrogen-bond acceptors (Lipinski definition) is 2. The van der Waals surface area contributed by atoms with E-state index in [1.54, 1.807) is 0 Å². The molecule has 3 heteroatoms. The van der Waals surface area contributed by atoms with Gasteiger partial charge in [-0.2, -0.15) is 0 Å². The van der Waals surface area contributed by atoms with Gasteiger partial charge in [-0.25, -0.2) is 5.43 Å². The summed E-state index contributed by atoms with van der Waals surface area (Å²) in [4.78, 5) is 11.9. The second kappa shape index (κ2) is 5.36. The molecule has 0 bridgehead atoms. The molecule has 1 amide bonds. The van der Waals surface area contributed by atoms with Gasteiger partial charge < -0.3 is 0 Å². The fraction of sp³-hybridized carbons (Fsp3) is 0.400. The Morgan fingerprint density at radius 1 is 1.39 bits per heavy atom. The van der Waals surface area contributed by atoms with Gasteiger partial charge in [0.25, 0.3) is 5.91 Å². The summed E-state index contributed by atoms with van der Waals surface area (Å²) in [6.07, 6.45) is 6.19. The van der Waals surface area contributed by atoms with Crippen molar-refractivity contribution in [3.63, 3.8) is 0 Å². The van der Waals surface area contributed by atoms with E-state index in [1.165, 1.54) is 6.42 Å². The maximum atomic E-state index is 11.9. The summed E-state index contributed by atoms with van der Waals surface area (Å²) in [7, 11) is 0. The zero-order valence-corrected chi connectivity index (χ0v) is 10.8. The first-order valence-corrected chi connectivity index (χ1v) is 6.40. The molecule has 1 aliphatic carbocycles. The van der Waals surface area contributed by atoms with E-state index in [0.29, 0.717) is 5.56 Å². The molecular weight excluding hydrogens is 224 g/mol. The van der Waals surface area contributed by atoms with Gasteiger partial charge in [0.2, 0.25) is 0 Å². The van der Waals surface area contributed by atoms with Crippen LogP contribution in [0, 0.1) is 6.92 Å². The summed E-state index contributed by atoms with van der Waals surface area (Å²) in [6, 6.07) is 7.57. The molecule has 1 aromatic carbocycles. The SMILES string of the molecule is C=CCC1(NNC(=O)c2ccc(C)cc2)CCC1. The van der Waals surface area contributed by atoms with E-state index in [0.717, 1.165) is 24.8 Å². The van der Waals surface area contributed by atoms with Crippen molar-refractivity contribution in [2.75, 3.05) is 0 Å². The lowest BCUT2D eigenvalue weighted by molar-refractivity contribution is 0.0853. The van der Waals surface area contributed by atoms with Crippen molar-refractivity contribution in [1.29, 1.82) is 0 Å². The summed E-state index contributed by atoms with van der Waals surface area (Å²) in [5.41, 5.74) is 7.85. The molecule has 1 aliphatic rings. The molecule has 1 fully saturated rings. The fourth-order valence-corrected chi connectivity index (χ4v) is 2.23. The molecule has 1 saturated carbocycles. The third-order valence-electron chi connectivity index (χ3n) is 3.60. The largest absolute Gasteiger partial charge is 0.287 e. The molecule has 0 aromatic heterocycles. The normalized spacial score (nSPS) is 16.7. The van der Waals surface area contributed by atoms with E-state index < -0.39 is 0 Å². The Balaban J connectivity index is 1.91. The Kier molecular flexibility index (Phi) is 3.82. The van der Waals surface area contributed by atoms with Crippen LogP contribution in [-0.4, -0.2) is 11.4 Å². The lowest BCUT2D eigenvalue weighted by Crippen LogP contribution is -2.57. The summed E-state index contributed by atoms with van der Waals surface area (Å²) < 4.78 is 0. The minimum Gasteiger partial charge on any atom is -0.287 e. The van der Waals surface area contributed by atoms with Crippen LogP contribution in [-0.2, 0) is 0 Å². The molecule has 0 unspecified atom stereocenters. The number of hydrogen-bond donors (Lipinski definition) is 2. The van der Waals surface area contributed by atoms with Gasteiger partial charge in [0.05, 0.1) is 0 Å². The predicted octanol–water partition coefficient (Wildman–Crippen LogP) is 2.73. The zero-order chi connectivity index (χ0) is 13.0. The van der Waals surface area contributed by atoms with Crippen LogP contribution in [0.5, 0.6) is 0 Å². The van der Waals surface area contributed by atoms with E-state index in [2.05, 4.69) is 17.4 Å².